The average Bonchev–Trinajstić information content (AvgIpc) is 2.49. The topological polar surface area (TPSA) is 46.5 Å². The van der Waals surface area contributed by atoms with Gasteiger partial charge in [0.1, 0.15) is 11.5 Å². The first kappa shape index (κ1) is 14.1. The molecule has 3 nitrogen and oxygen atoms in total. The monoisotopic (exact) mass is 292 g/mol. The SMILES string of the molecule is Cc1ccc(C(=O)Oc2ccc3ccc(O)cc3c2)cc1C. The molecule has 0 aliphatic rings. The Hall–Kier alpha value is -2.81. The normalized spacial score (nSPS) is 10.6. The van der Waals surface area contributed by atoms with Gasteiger partial charge in [0.15, 0.2) is 0 Å². The van der Waals surface area contributed by atoms with Crippen LogP contribution in [-0.2, 0) is 0 Å². The zero-order chi connectivity index (χ0) is 15.7. The van der Waals surface area contributed by atoms with Gasteiger partial charge in [0, 0.05) is 0 Å². The molecule has 3 rings (SSSR count). The Morgan fingerprint density at radius 1 is 0.864 bits per heavy atom. The molecule has 3 aromatic carbocycles. The fraction of sp³-hybridized carbons (Fsp3) is 0.105. The van der Waals surface area contributed by atoms with Crippen LogP contribution in [0.5, 0.6) is 11.5 Å². The molecule has 0 aliphatic heterocycles. The molecule has 0 unspecified atom stereocenters. The summed E-state index contributed by atoms with van der Waals surface area (Å²) in [5.74, 6) is 0.258. The lowest BCUT2D eigenvalue weighted by Crippen LogP contribution is -2.08. The summed E-state index contributed by atoms with van der Waals surface area (Å²) in [7, 11) is 0. The fourth-order valence-corrected chi connectivity index (χ4v) is 2.31. The minimum Gasteiger partial charge on any atom is -0.508 e. The van der Waals surface area contributed by atoms with Crippen LogP contribution in [0.4, 0.5) is 0 Å². The molecule has 0 radical (unpaired) electrons. The van der Waals surface area contributed by atoms with E-state index in [2.05, 4.69) is 0 Å². The molecule has 0 spiro atoms. The van der Waals surface area contributed by atoms with Crippen LogP contribution in [0.25, 0.3) is 10.8 Å². The second-order valence-electron chi connectivity index (χ2n) is 5.38. The lowest BCUT2D eigenvalue weighted by atomic mass is 10.1. The highest BCUT2D eigenvalue weighted by atomic mass is 16.5. The number of carbonyl (C=O) groups is 1. The second kappa shape index (κ2) is 5.53. The smallest absolute Gasteiger partial charge is 0.343 e. The molecule has 0 aromatic heterocycles. The van der Waals surface area contributed by atoms with E-state index in [1.807, 2.05) is 38.1 Å². The van der Waals surface area contributed by atoms with Gasteiger partial charge in [-0.05, 0) is 72.1 Å². The lowest BCUT2D eigenvalue weighted by molar-refractivity contribution is 0.0735. The Balaban J connectivity index is 1.88. The van der Waals surface area contributed by atoms with Crippen LogP contribution >= 0.6 is 0 Å². The van der Waals surface area contributed by atoms with Crippen LogP contribution in [0.1, 0.15) is 21.5 Å². The third-order valence-electron chi connectivity index (χ3n) is 3.75. The Morgan fingerprint density at radius 2 is 1.64 bits per heavy atom. The highest BCUT2D eigenvalue weighted by Gasteiger charge is 2.10. The van der Waals surface area contributed by atoms with Gasteiger partial charge in [-0.15, -0.1) is 0 Å². The highest BCUT2D eigenvalue weighted by molar-refractivity contribution is 5.92. The number of phenolic OH excluding ortho intramolecular Hbond substituents is 1. The van der Waals surface area contributed by atoms with Crippen molar-refractivity contribution < 1.29 is 14.6 Å². The minimum absolute atomic E-state index is 0.185. The third kappa shape index (κ3) is 2.79. The molecule has 0 aliphatic carbocycles. The second-order valence-corrected chi connectivity index (χ2v) is 5.38. The Labute approximate surface area is 128 Å². The van der Waals surface area contributed by atoms with Crippen LogP contribution < -0.4 is 4.74 Å². The van der Waals surface area contributed by atoms with Gasteiger partial charge < -0.3 is 9.84 Å². The predicted octanol–water partition coefficient (Wildman–Crippen LogP) is 4.38. The Bertz CT molecular complexity index is 866. The van der Waals surface area contributed by atoms with Crippen molar-refractivity contribution in [3.63, 3.8) is 0 Å². The van der Waals surface area contributed by atoms with Crippen molar-refractivity contribution in [2.24, 2.45) is 0 Å². The predicted molar refractivity (Wildman–Crippen MR) is 86.5 cm³/mol. The summed E-state index contributed by atoms with van der Waals surface area (Å²) in [6.07, 6.45) is 0. The number of phenols is 1. The van der Waals surface area contributed by atoms with Gasteiger partial charge >= 0.3 is 5.97 Å². The maximum atomic E-state index is 12.2. The van der Waals surface area contributed by atoms with Gasteiger partial charge in [-0.3, -0.25) is 0 Å². The van der Waals surface area contributed by atoms with Crippen LogP contribution in [0.15, 0.2) is 54.6 Å². The van der Waals surface area contributed by atoms with Gasteiger partial charge in [-0.25, -0.2) is 4.79 Å². The molecule has 1 N–H and O–H groups in total. The fourth-order valence-electron chi connectivity index (χ4n) is 2.31. The molecule has 0 saturated heterocycles. The van der Waals surface area contributed by atoms with Gasteiger partial charge in [-0.1, -0.05) is 18.2 Å². The molecule has 0 atom stereocenters. The largest absolute Gasteiger partial charge is 0.508 e. The summed E-state index contributed by atoms with van der Waals surface area (Å²) in [5, 5.41) is 11.3. The number of esters is 1. The molecule has 22 heavy (non-hydrogen) atoms. The van der Waals surface area contributed by atoms with E-state index in [4.69, 9.17) is 4.74 Å². The van der Waals surface area contributed by atoms with E-state index in [-0.39, 0.29) is 11.7 Å². The van der Waals surface area contributed by atoms with Crippen molar-refractivity contribution in [3.8, 4) is 11.5 Å². The van der Waals surface area contributed by atoms with E-state index in [0.717, 1.165) is 21.9 Å². The maximum Gasteiger partial charge on any atom is 0.343 e. The number of aromatic hydroxyl groups is 1. The number of benzene rings is 3. The van der Waals surface area contributed by atoms with E-state index >= 15 is 0 Å². The van der Waals surface area contributed by atoms with Crippen molar-refractivity contribution in [2.45, 2.75) is 13.8 Å². The van der Waals surface area contributed by atoms with E-state index < -0.39 is 0 Å². The molecule has 0 heterocycles. The minimum atomic E-state index is -0.386. The summed E-state index contributed by atoms with van der Waals surface area (Å²) in [6.45, 7) is 3.96. The number of hydrogen-bond acceptors (Lipinski definition) is 3. The molecule has 0 amide bonds. The van der Waals surface area contributed by atoms with Crippen LogP contribution in [0.2, 0.25) is 0 Å². The highest BCUT2D eigenvalue weighted by Crippen LogP contribution is 2.25. The molecule has 0 fully saturated rings. The standard InChI is InChI=1S/C19H16O3/c1-12-3-4-15(9-13(12)2)19(21)22-18-8-6-14-5-7-17(20)10-16(14)11-18/h3-11,20H,1-2H3. The van der Waals surface area contributed by atoms with E-state index in [1.54, 1.807) is 30.3 Å². The van der Waals surface area contributed by atoms with E-state index in [1.165, 1.54) is 0 Å². The van der Waals surface area contributed by atoms with Crippen molar-refractivity contribution in [1.29, 1.82) is 0 Å². The molecular formula is C19H16O3. The average molecular weight is 292 g/mol. The third-order valence-corrected chi connectivity index (χ3v) is 3.75. The zero-order valence-electron chi connectivity index (χ0n) is 12.5. The van der Waals surface area contributed by atoms with Crippen molar-refractivity contribution in [1.82, 2.24) is 0 Å². The summed E-state index contributed by atoms with van der Waals surface area (Å²) >= 11 is 0. The summed E-state index contributed by atoms with van der Waals surface area (Å²) in [4.78, 5) is 12.2. The van der Waals surface area contributed by atoms with Crippen molar-refractivity contribution in [3.05, 3.63) is 71.3 Å². The van der Waals surface area contributed by atoms with Crippen molar-refractivity contribution in [2.75, 3.05) is 0 Å². The lowest BCUT2D eigenvalue weighted by Gasteiger charge is -2.07. The quantitative estimate of drug-likeness (QED) is 0.563. The van der Waals surface area contributed by atoms with Crippen LogP contribution in [-0.4, -0.2) is 11.1 Å². The molecule has 3 heteroatoms. The number of hydrogen-bond donors (Lipinski definition) is 1. The molecule has 0 bridgehead atoms. The first-order valence-electron chi connectivity index (χ1n) is 7.05. The Morgan fingerprint density at radius 3 is 2.41 bits per heavy atom. The maximum absolute atomic E-state index is 12.2. The number of rotatable bonds is 2. The van der Waals surface area contributed by atoms with Gasteiger partial charge in [0.05, 0.1) is 5.56 Å². The molecule has 110 valence electrons. The van der Waals surface area contributed by atoms with Crippen LogP contribution in [0, 0.1) is 13.8 Å². The summed E-state index contributed by atoms with van der Waals surface area (Å²) in [6, 6.07) is 15.9. The first-order chi connectivity index (χ1) is 10.5. The van der Waals surface area contributed by atoms with Gasteiger partial charge in [0.25, 0.3) is 0 Å². The summed E-state index contributed by atoms with van der Waals surface area (Å²) < 4.78 is 5.42. The number of carbonyl (C=O) groups excluding carboxylic acids is 1. The Kier molecular flexibility index (Phi) is 3.55. The first-order valence-corrected chi connectivity index (χ1v) is 7.05. The van der Waals surface area contributed by atoms with Gasteiger partial charge in [0.2, 0.25) is 0 Å². The van der Waals surface area contributed by atoms with Gasteiger partial charge in [-0.2, -0.15) is 0 Å². The number of fused-ring (bicyclic) bond motifs is 1. The number of ether oxygens (including phenoxy) is 1. The van der Waals surface area contributed by atoms with Crippen LogP contribution in [0.3, 0.4) is 0 Å². The molecular weight excluding hydrogens is 276 g/mol. The summed E-state index contributed by atoms with van der Waals surface area (Å²) in [5.41, 5.74) is 2.72. The zero-order valence-corrected chi connectivity index (χ0v) is 12.5. The van der Waals surface area contributed by atoms with E-state index in [9.17, 15) is 9.90 Å². The number of aryl methyl sites for hydroxylation is 2. The van der Waals surface area contributed by atoms with E-state index in [0.29, 0.717) is 11.3 Å². The molecule has 3 aromatic rings. The molecule has 0 saturated carbocycles. The van der Waals surface area contributed by atoms with Crippen molar-refractivity contribution >= 4 is 16.7 Å².